The minimum atomic E-state index is -0.211. The quantitative estimate of drug-likeness (QED) is 0.701. The molecule has 0 spiro atoms. The van der Waals surface area contributed by atoms with E-state index >= 15 is 0 Å². The van der Waals surface area contributed by atoms with Crippen molar-refractivity contribution in [2.45, 2.75) is 70.5 Å². The lowest BCUT2D eigenvalue weighted by molar-refractivity contribution is -0.897. The lowest BCUT2D eigenvalue weighted by Crippen LogP contribution is -3.12. The zero-order valence-corrected chi connectivity index (χ0v) is 12.3. The summed E-state index contributed by atoms with van der Waals surface area (Å²) in [5.74, 6) is 6.80. The second-order valence-corrected chi connectivity index (χ2v) is 6.74. The fourth-order valence-electron chi connectivity index (χ4n) is 3.24. The molecule has 0 aromatic heterocycles. The van der Waals surface area contributed by atoms with Gasteiger partial charge in [0.05, 0.1) is 18.7 Å². The first kappa shape index (κ1) is 13.9. The lowest BCUT2D eigenvalue weighted by atomic mass is 9.88. The van der Waals surface area contributed by atoms with Gasteiger partial charge in [0.25, 0.3) is 0 Å². The molecule has 2 aliphatic heterocycles. The van der Waals surface area contributed by atoms with Crippen molar-refractivity contribution in [1.29, 1.82) is 0 Å². The van der Waals surface area contributed by atoms with E-state index in [1.54, 1.807) is 4.90 Å². The van der Waals surface area contributed by atoms with Crippen LogP contribution in [0.15, 0.2) is 0 Å². The number of hydrogen-bond acceptors (Lipinski definition) is 1. The molecule has 2 heteroatoms. The summed E-state index contributed by atoms with van der Waals surface area (Å²) in [7, 11) is 0. The van der Waals surface area contributed by atoms with E-state index in [0.29, 0.717) is 0 Å². The molecule has 0 aliphatic carbocycles. The highest BCUT2D eigenvalue weighted by Gasteiger charge is 2.35. The highest BCUT2D eigenvalue weighted by molar-refractivity contribution is 5.14. The molecule has 0 amide bonds. The molecule has 0 unspecified atom stereocenters. The molecule has 0 saturated carbocycles. The van der Waals surface area contributed by atoms with E-state index in [0.717, 1.165) is 19.4 Å². The van der Waals surface area contributed by atoms with E-state index in [-0.39, 0.29) is 11.2 Å². The largest absolute Gasteiger partial charge is 0.357 e. The molecule has 2 heterocycles. The van der Waals surface area contributed by atoms with Crippen LogP contribution in [0.25, 0.3) is 0 Å². The second-order valence-electron chi connectivity index (χ2n) is 6.74. The van der Waals surface area contributed by atoms with Crippen LogP contribution >= 0.6 is 0 Å². The SMILES string of the molecule is CC1(C)CCC[C@@](C)(C#CC[NH+]2CCCCC2)O1. The van der Waals surface area contributed by atoms with Crippen LogP contribution in [0.1, 0.15) is 59.3 Å². The molecule has 1 atom stereocenters. The summed E-state index contributed by atoms with van der Waals surface area (Å²) in [6.45, 7) is 10.1. The Hall–Kier alpha value is -0.520. The van der Waals surface area contributed by atoms with Gasteiger partial charge < -0.3 is 9.64 Å². The normalized spacial score (nSPS) is 32.6. The summed E-state index contributed by atoms with van der Waals surface area (Å²) < 4.78 is 6.17. The van der Waals surface area contributed by atoms with Crippen molar-refractivity contribution in [2.24, 2.45) is 0 Å². The van der Waals surface area contributed by atoms with Crippen LogP contribution in [-0.4, -0.2) is 30.8 Å². The third kappa shape index (κ3) is 4.00. The van der Waals surface area contributed by atoms with Crippen molar-refractivity contribution in [1.82, 2.24) is 0 Å². The van der Waals surface area contributed by atoms with Gasteiger partial charge >= 0.3 is 0 Å². The Balaban J connectivity index is 1.87. The fraction of sp³-hybridized carbons (Fsp3) is 0.875. The first-order valence-electron chi connectivity index (χ1n) is 7.53. The van der Waals surface area contributed by atoms with Crippen LogP contribution in [0, 0.1) is 11.8 Å². The van der Waals surface area contributed by atoms with Crippen molar-refractivity contribution >= 4 is 0 Å². The number of hydrogen-bond donors (Lipinski definition) is 1. The number of rotatable bonds is 1. The highest BCUT2D eigenvalue weighted by Crippen LogP contribution is 2.34. The van der Waals surface area contributed by atoms with Gasteiger partial charge in [0.2, 0.25) is 0 Å². The van der Waals surface area contributed by atoms with Gasteiger partial charge in [-0.3, -0.25) is 0 Å². The third-order valence-corrected chi connectivity index (χ3v) is 4.19. The van der Waals surface area contributed by atoms with Gasteiger partial charge in [-0.1, -0.05) is 5.92 Å². The van der Waals surface area contributed by atoms with E-state index in [1.165, 1.54) is 38.8 Å². The first-order valence-corrected chi connectivity index (χ1v) is 7.53. The van der Waals surface area contributed by atoms with Crippen molar-refractivity contribution < 1.29 is 9.64 Å². The predicted octanol–water partition coefficient (Wildman–Crippen LogP) is 1.80. The molecular weight excluding hydrogens is 222 g/mol. The Morgan fingerprint density at radius 2 is 1.72 bits per heavy atom. The van der Waals surface area contributed by atoms with Crippen LogP contribution < -0.4 is 4.90 Å². The number of quaternary nitrogens is 1. The molecule has 2 saturated heterocycles. The second kappa shape index (κ2) is 5.63. The van der Waals surface area contributed by atoms with Gasteiger partial charge in [-0.05, 0) is 65.2 Å². The van der Waals surface area contributed by atoms with Crippen molar-refractivity contribution in [3.8, 4) is 11.8 Å². The predicted molar refractivity (Wildman–Crippen MR) is 74.6 cm³/mol. The number of ether oxygens (including phenoxy) is 1. The van der Waals surface area contributed by atoms with E-state index < -0.39 is 0 Å². The average molecular weight is 250 g/mol. The van der Waals surface area contributed by atoms with Crippen LogP contribution in [0.5, 0.6) is 0 Å². The molecular formula is C16H28NO+. The summed E-state index contributed by atoms with van der Waals surface area (Å²) in [5.41, 5.74) is -0.212. The lowest BCUT2D eigenvalue weighted by Gasteiger charge is -2.40. The van der Waals surface area contributed by atoms with Gasteiger partial charge in [-0.2, -0.15) is 0 Å². The molecule has 2 fully saturated rings. The molecule has 0 aromatic carbocycles. The van der Waals surface area contributed by atoms with Gasteiger partial charge in [-0.15, -0.1) is 0 Å². The maximum atomic E-state index is 6.17. The molecule has 0 bridgehead atoms. The van der Waals surface area contributed by atoms with Gasteiger partial charge in [0.15, 0.2) is 0 Å². The van der Waals surface area contributed by atoms with Crippen molar-refractivity contribution in [3.05, 3.63) is 0 Å². The smallest absolute Gasteiger partial charge is 0.139 e. The molecule has 2 rings (SSSR count). The van der Waals surface area contributed by atoms with Gasteiger partial charge in [0, 0.05) is 0 Å². The average Bonchev–Trinajstić information content (AvgIpc) is 2.28. The van der Waals surface area contributed by atoms with Crippen molar-refractivity contribution in [2.75, 3.05) is 19.6 Å². The van der Waals surface area contributed by atoms with E-state index in [1.807, 2.05) is 0 Å². The maximum Gasteiger partial charge on any atom is 0.139 e. The summed E-state index contributed by atoms with van der Waals surface area (Å²) in [5, 5.41) is 0. The first-order chi connectivity index (χ1) is 8.49. The summed E-state index contributed by atoms with van der Waals surface area (Å²) >= 11 is 0. The number of nitrogens with one attached hydrogen (secondary N) is 1. The van der Waals surface area contributed by atoms with Crippen LogP contribution in [0.4, 0.5) is 0 Å². The van der Waals surface area contributed by atoms with E-state index in [9.17, 15) is 0 Å². The van der Waals surface area contributed by atoms with Gasteiger partial charge in [0.1, 0.15) is 12.1 Å². The Bertz CT molecular complexity index is 333. The zero-order valence-electron chi connectivity index (χ0n) is 12.3. The Labute approximate surface area is 112 Å². The Kier molecular flexibility index (Phi) is 4.35. The summed E-state index contributed by atoms with van der Waals surface area (Å²) in [4.78, 5) is 1.66. The topological polar surface area (TPSA) is 13.7 Å². The van der Waals surface area contributed by atoms with Gasteiger partial charge in [-0.25, -0.2) is 0 Å². The maximum absolute atomic E-state index is 6.17. The molecule has 2 aliphatic rings. The summed E-state index contributed by atoms with van der Waals surface area (Å²) in [6, 6.07) is 0. The highest BCUT2D eigenvalue weighted by atomic mass is 16.5. The summed E-state index contributed by atoms with van der Waals surface area (Å²) in [6.07, 6.45) is 7.62. The third-order valence-electron chi connectivity index (χ3n) is 4.19. The molecule has 1 N–H and O–H groups in total. The standard InChI is InChI=1S/C16H27NO/c1-15(2)9-7-10-16(3,18-15)11-8-14-17-12-5-4-6-13-17/h4-7,9-10,12-14H2,1-3H3/p+1/t16-/m0/s1. The van der Waals surface area contributed by atoms with Crippen LogP contribution in [-0.2, 0) is 4.74 Å². The minimum Gasteiger partial charge on any atom is -0.357 e. The monoisotopic (exact) mass is 250 g/mol. The number of piperidine rings is 1. The van der Waals surface area contributed by atoms with Crippen molar-refractivity contribution in [3.63, 3.8) is 0 Å². The zero-order chi connectivity index (χ0) is 13.1. The Morgan fingerprint density at radius 1 is 1.00 bits per heavy atom. The van der Waals surface area contributed by atoms with Crippen LogP contribution in [0.3, 0.4) is 0 Å². The van der Waals surface area contributed by atoms with Crippen LogP contribution in [0.2, 0.25) is 0 Å². The van der Waals surface area contributed by atoms with E-state index in [2.05, 4.69) is 32.6 Å². The molecule has 18 heavy (non-hydrogen) atoms. The molecule has 0 aromatic rings. The number of likely N-dealkylation sites (tertiary alicyclic amines) is 1. The van der Waals surface area contributed by atoms with E-state index in [4.69, 9.17) is 4.74 Å². The fourth-order valence-corrected chi connectivity index (χ4v) is 3.24. The molecule has 2 nitrogen and oxygen atoms in total. The molecule has 102 valence electrons. The molecule has 0 radical (unpaired) electrons. The Morgan fingerprint density at radius 3 is 2.39 bits per heavy atom. The minimum absolute atomic E-state index is 0.000336.